The SMILES string of the molecule is Cc1cccc(COc2ccc(/C=C3\C(=O)NC(=O)N(c4cc5c6c(c4)[C@H](c4ccccc4)CCN6CC[C@@H]5c4ccccc4)C3=O)cc2Cl)c1. The van der Waals surface area contributed by atoms with Gasteiger partial charge in [-0.25, -0.2) is 9.69 Å². The monoisotopic (exact) mass is 693 g/mol. The van der Waals surface area contributed by atoms with E-state index >= 15 is 0 Å². The van der Waals surface area contributed by atoms with Gasteiger partial charge in [-0.2, -0.15) is 0 Å². The number of nitrogens with one attached hydrogen (secondary N) is 1. The van der Waals surface area contributed by atoms with E-state index in [0.29, 0.717) is 28.6 Å². The maximum absolute atomic E-state index is 14.2. The first kappa shape index (κ1) is 32.5. The molecular weight excluding hydrogens is 658 g/mol. The zero-order valence-electron chi connectivity index (χ0n) is 28.1. The van der Waals surface area contributed by atoms with Crippen molar-refractivity contribution in [2.24, 2.45) is 0 Å². The summed E-state index contributed by atoms with van der Waals surface area (Å²) in [6.07, 6.45) is 3.29. The number of aryl methyl sites for hydroxylation is 1. The third-order valence-corrected chi connectivity index (χ3v) is 10.4. The molecule has 3 aliphatic rings. The van der Waals surface area contributed by atoms with Crippen molar-refractivity contribution in [2.75, 3.05) is 22.9 Å². The first-order chi connectivity index (χ1) is 24.8. The third-order valence-electron chi connectivity index (χ3n) is 10.1. The Morgan fingerprint density at radius 3 is 2.04 bits per heavy atom. The molecule has 0 saturated carbocycles. The molecule has 0 radical (unpaired) electrons. The standard InChI is InChI=1S/C43H36ClN3O4/c1-27-9-8-10-29(21-27)26-51-39-16-15-28(23-38(39)44)22-37-41(48)45-43(50)47(42(37)49)32-24-35-33(30-11-4-2-5-12-30)17-19-46-20-18-34(36(25-32)40(35)46)31-13-6-3-7-14-31/h2-16,21-25,33-34H,17-20,26H2,1H3,(H,45,48,50)/b37-22+/t33-,34+. The van der Waals surface area contributed by atoms with Crippen LogP contribution in [0.25, 0.3) is 6.08 Å². The summed E-state index contributed by atoms with van der Waals surface area (Å²) < 4.78 is 5.96. The normalized spacial score (nSPS) is 19.2. The molecule has 1 fully saturated rings. The van der Waals surface area contributed by atoms with Crippen LogP contribution >= 0.6 is 11.6 Å². The van der Waals surface area contributed by atoms with Crippen LogP contribution in [-0.2, 0) is 16.2 Å². The molecule has 0 spiro atoms. The van der Waals surface area contributed by atoms with Crippen molar-refractivity contribution in [3.05, 3.63) is 165 Å². The summed E-state index contributed by atoms with van der Waals surface area (Å²) in [5.74, 6) is -0.803. The van der Waals surface area contributed by atoms with Gasteiger partial charge in [0.2, 0.25) is 0 Å². The van der Waals surface area contributed by atoms with E-state index in [1.165, 1.54) is 22.9 Å². The van der Waals surface area contributed by atoms with E-state index in [-0.39, 0.29) is 17.4 Å². The van der Waals surface area contributed by atoms with Crippen LogP contribution in [0.1, 0.15) is 63.6 Å². The van der Waals surface area contributed by atoms with Crippen LogP contribution in [0, 0.1) is 6.92 Å². The van der Waals surface area contributed by atoms with Crippen molar-refractivity contribution in [3.8, 4) is 5.75 Å². The number of anilines is 2. The quantitative estimate of drug-likeness (QED) is 0.136. The van der Waals surface area contributed by atoms with Gasteiger partial charge in [0.05, 0.1) is 10.7 Å². The summed E-state index contributed by atoms with van der Waals surface area (Å²) in [5.41, 5.74) is 8.66. The Labute approximate surface area is 302 Å². The van der Waals surface area contributed by atoms with Gasteiger partial charge in [0.1, 0.15) is 17.9 Å². The molecule has 8 rings (SSSR count). The van der Waals surface area contributed by atoms with Crippen molar-refractivity contribution in [1.82, 2.24) is 5.32 Å². The van der Waals surface area contributed by atoms with Crippen LogP contribution < -0.4 is 19.9 Å². The molecule has 5 aromatic carbocycles. The minimum absolute atomic E-state index is 0.0825. The largest absolute Gasteiger partial charge is 0.487 e. The maximum atomic E-state index is 14.2. The molecule has 0 unspecified atom stereocenters. The molecule has 2 atom stereocenters. The number of ether oxygens (including phenoxy) is 1. The molecule has 5 aromatic rings. The van der Waals surface area contributed by atoms with Crippen LogP contribution in [0.2, 0.25) is 5.02 Å². The van der Waals surface area contributed by atoms with Gasteiger partial charge in [-0.15, -0.1) is 0 Å². The number of imide groups is 2. The Bertz CT molecular complexity index is 2130. The van der Waals surface area contributed by atoms with Gasteiger partial charge >= 0.3 is 6.03 Å². The maximum Gasteiger partial charge on any atom is 0.335 e. The second-order valence-corrected chi connectivity index (χ2v) is 13.8. The predicted molar refractivity (Wildman–Crippen MR) is 200 cm³/mol. The molecule has 0 aliphatic carbocycles. The van der Waals surface area contributed by atoms with Crippen molar-refractivity contribution in [3.63, 3.8) is 0 Å². The van der Waals surface area contributed by atoms with E-state index in [0.717, 1.165) is 53.1 Å². The Morgan fingerprint density at radius 1 is 0.784 bits per heavy atom. The predicted octanol–water partition coefficient (Wildman–Crippen LogP) is 8.77. The highest BCUT2D eigenvalue weighted by Gasteiger charge is 2.40. The van der Waals surface area contributed by atoms with E-state index in [9.17, 15) is 14.4 Å². The zero-order valence-corrected chi connectivity index (χ0v) is 28.9. The minimum Gasteiger partial charge on any atom is -0.487 e. The van der Waals surface area contributed by atoms with Gasteiger partial charge in [-0.3, -0.25) is 14.9 Å². The number of halogens is 1. The average molecular weight is 694 g/mol. The molecule has 1 saturated heterocycles. The number of hydrogen-bond acceptors (Lipinski definition) is 5. The average Bonchev–Trinajstić information content (AvgIpc) is 3.14. The fraction of sp³-hybridized carbons (Fsp3) is 0.186. The fourth-order valence-corrected chi connectivity index (χ4v) is 7.96. The van der Waals surface area contributed by atoms with E-state index in [1.54, 1.807) is 18.2 Å². The van der Waals surface area contributed by atoms with Gasteiger partial charge < -0.3 is 9.64 Å². The first-order valence-corrected chi connectivity index (χ1v) is 17.6. The van der Waals surface area contributed by atoms with Crippen LogP contribution in [0.5, 0.6) is 5.75 Å². The molecule has 0 aromatic heterocycles. The Hall–Kier alpha value is -5.66. The molecule has 254 valence electrons. The fourth-order valence-electron chi connectivity index (χ4n) is 7.71. The molecule has 0 bridgehead atoms. The first-order valence-electron chi connectivity index (χ1n) is 17.3. The summed E-state index contributed by atoms with van der Waals surface area (Å²) in [7, 11) is 0. The van der Waals surface area contributed by atoms with Gasteiger partial charge in [-0.05, 0) is 83.5 Å². The Morgan fingerprint density at radius 2 is 1.43 bits per heavy atom. The summed E-state index contributed by atoms with van der Waals surface area (Å²) in [4.78, 5) is 44.6. The molecule has 8 heteroatoms. The molecule has 51 heavy (non-hydrogen) atoms. The molecule has 3 heterocycles. The highest BCUT2D eigenvalue weighted by molar-refractivity contribution is 6.39. The number of hydrogen-bond donors (Lipinski definition) is 1. The number of rotatable bonds is 7. The topological polar surface area (TPSA) is 79.0 Å². The summed E-state index contributed by atoms with van der Waals surface area (Å²) in [6.45, 7) is 4.21. The van der Waals surface area contributed by atoms with Gasteiger partial charge in [0, 0.05) is 30.6 Å². The zero-order chi connectivity index (χ0) is 35.1. The van der Waals surface area contributed by atoms with Crippen LogP contribution in [0.3, 0.4) is 0 Å². The smallest absolute Gasteiger partial charge is 0.335 e. The van der Waals surface area contributed by atoms with Crippen LogP contribution in [0.4, 0.5) is 16.2 Å². The molecule has 3 aliphatic heterocycles. The van der Waals surface area contributed by atoms with Gasteiger partial charge in [-0.1, -0.05) is 108 Å². The van der Waals surface area contributed by atoms with Crippen molar-refractivity contribution >= 4 is 46.9 Å². The highest BCUT2D eigenvalue weighted by atomic mass is 35.5. The summed E-state index contributed by atoms with van der Waals surface area (Å²) in [6, 6.07) is 37.0. The van der Waals surface area contributed by atoms with Crippen LogP contribution in [0.15, 0.2) is 121 Å². The molecule has 4 amide bonds. The number of amides is 4. The third kappa shape index (κ3) is 6.30. The van der Waals surface area contributed by atoms with E-state index in [2.05, 4.69) is 34.5 Å². The molecular formula is C43H36ClN3O4. The van der Waals surface area contributed by atoms with E-state index in [1.807, 2.05) is 79.7 Å². The lowest BCUT2D eigenvalue weighted by Gasteiger charge is -2.44. The summed E-state index contributed by atoms with van der Waals surface area (Å²) >= 11 is 6.60. The van der Waals surface area contributed by atoms with Crippen molar-refractivity contribution in [2.45, 2.75) is 38.2 Å². The Kier molecular flexibility index (Phi) is 8.66. The minimum atomic E-state index is -0.775. The van der Waals surface area contributed by atoms with Crippen molar-refractivity contribution in [1.29, 1.82) is 0 Å². The van der Waals surface area contributed by atoms with Crippen molar-refractivity contribution < 1.29 is 19.1 Å². The number of benzene rings is 5. The number of carbonyl (C=O) groups excluding carboxylic acids is 3. The van der Waals surface area contributed by atoms with E-state index in [4.69, 9.17) is 16.3 Å². The molecule has 7 nitrogen and oxygen atoms in total. The molecule has 1 N–H and O–H groups in total. The number of nitrogens with zero attached hydrogens (tertiary/aromatic N) is 2. The summed E-state index contributed by atoms with van der Waals surface area (Å²) in [5, 5.41) is 2.75. The number of carbonyl (C=O) groups is 3. The number of urea groups is 1. The highest BCUT2D eigenvalue weighted by Crippen LogP contribution is 2.50. The second-order valence-electron chi connectivity index (χ2n) is 13.4. The van der Waals surface area contributed by atoms with Gasteiger partial charge in [0.25, 0.3) is 11.8 Å². The lowest BCUT2D eigenvalue weighted by molar-refractivity contribution is -0.122. The van der Waals surface area contributed by atoms with Crippen LogP contribution in [-0.4, -0.2) is 30.9 Å². The van der Waals surface area contributed by atoms with E-state index < -0.39 is 17.8 Å². The second kappa shape index (κ2) is 13.6. The lowest BCUT2D eigenvalue weighted by Crippen LogP contribution is -2.54. The van der Waals surface area contributed by atoms with Gasteiger partial charge in [0.15, 0.2) is 0 Å². The number of barbiturate groups is 1. The lowest BCUT2D eigenvalue weighted by atomic mass is 9.76. The Balaban J connectivity index is 1.16.